The molecule has 0 spiro atoms. The number of nitrogens with zero attached hydrogens (tertiary/aromatic N) is 1. The van der Waals surface area contributed by atoms with Gasteiger partial charge in [0, 0.05) is 5.69 Å². The summed E-state index contributed by atoms with van der Waals surface area (Å²) < 4.78 is 58.0. The predicted octanol–water partition coefficient (Wildman–Crippen LogP) is 1.63. The zero-order valence-corrected chi connectivity index (χ0v) is 12.1. The fourth-order valence-electron chi connectivity index (χ4n) is 1.63. The van der Waals surface area contributed by atoms with Crippen LogP contribution in [0.1, 0.15) is 17.3 Å². The maximum Gasteiger partial charge on any atom is 0.244 e. The Morgan fingerprint density at radius 3 is 2.57 bits per heavy atom. The van der Waals surface area contributed by atoms with Crippen molar-refractivity contribution in [1.29, 1.82) is 0 Å². The lowest BCUT2D eigenvalue weighted by Crippen LogP contribution is -2.25. The molecular weight excluding hydrogens is 304 g/mol. The summed E-state index contributed by atoms with van der Waals surface area (Å²) in [5.74, 6) is -2.15. The highest BCUT2D eigenvalue weighted by Crippen LogP contribution is 2.21. The summed E-state index contributed by atoms with van der Waals surface area (Å²) in [4.78, 5) is 3.12. The van der Waals surface area contributed by atoms with Crippen LogP contribution in [0.15, 0.2) is 21.4 Å². The van der Waals surface area contributed by atoms with Crippen molar-refractivity contribution in [3.63, 3.8) is 0 Å². The molecule has 6 nitrogen and oxygen atoms in total. The van der Waals surface area contributed by atoms with E-state index in [-0.39, 0.29) is 18.1 Å². The minimum Gasteiger partial charge on any atom is -0.444 e. The molecule has 0 aliphatic rings. The van der Waals surface area contributed by atoms with E-state index < -0.39 is 26.6 Å². The number of sulfonamides is 1. The van der Waals surface area contributed by atoms with Crippen molar-refractivity contribution in [3.05, 3.63) is 41.1 Å². The average molecular weight is 317 g/mol. The van der Waals surface area contributed by atoms with E-state index in [1.54, 1.807) is 13.8 Å². The standard InChI is InChI=1S/C12H13F2N3O3S/c1-6-7(2)20-11(17-6)5-16-21(18,19)10-4-8(15)3-9(13)12(10)14/h3-4,16H,5,15H2,1-2H3. The second-order valence-corrected chi connectivity index (χ2v) is 6.12. The first kappa shape index (κ1) is 15.4. The van der Waals surface area contributed by atoms with E-state index in [9.17, 15) is 17.2 Å². The number of aryl methyl sites for hydroxylation is 2. The Morgan fingerprint density at radius 2 is 2.00 bits per heavy atom. The largest absolute Gasteiger partial charge is 0.444 e. The Balaban J connectivity index is 2.27. The lowest BCUT2D eigenvalue weighted by atomic mass is 10.3. The minimum atomic E-state index is -4.28. The molecule has 2 aromatic rings. The molecule has 0 saturated carbocycles. The van der Waals surface area contributed by atoms with Gasteiger partial charge in [0.05, 0.1) is 12.2 Å². The van der Waals surface area contributed by atoms with Crippen molar-refractivity contribution in [2.24, 2.45) is 0 Å². The van der Waals surface area contributed by atoms with Crippen LogP contribution in [0.4, 0.5) is 14.5 Å². The Kier molecular flexibility index (Phi) is 3.97. The summed E-state index contributed by atoms with van der Waals surface area (Å²) in [5.41, 5.74) is 5.74. The Labute approximate surface area is 120 Å². The van der Waals surface area contributed by atoms with Crippen LogP contribution in [0.2, 0.25) is 0 Å². The number of hydrogen-bond donors (Lipinski definition) is 2. The normalized spacial score (nSPS) is 11.8. The molecule has 1 heterocycles. The smallest absolute Gasteiger partial charge is 0.244 e. The van der Waals surface area contributed by atoms with Crippen LogP contribution in [-0.2, 0) is 16.6 Å². The van der Waals surface area contributed by atoms with Gasteiger partial charge in [-0.25, -0.2) is 26.9 Å². The van der Waals surface area contributed by atoms with Gasteiger partial charge in [-0.3, -0.25) is 0 Å². The molecule has 0 aliphatic carbocycles. The van der Waals surface area contributed by atoms with Gasteiger partial charge in [0.25, 0.3) is 0 Å². The fraction of sp³-hybridized carbons (Fsp3) is 0.250. The van der Waals surface area contributed by atoms with E-state index in [0.29, 0.717) is 17.5 Å². The summed E-state index contributed by atoms with van der Waals surface area (Å²) in [5, 5.41) is 0. The zero-order chi connectivity index (χ0) is 15.8. The highest BCUT2D eigenvalue weighted by Gasteiger charge is 2.23. The van der Waals surface area contributed by atoms with Crippen LogP contribution in [-0.4, -0.2) is 13.4 Å². The summed E-state index contributed by atoms with van der Waals surface area (Å²) in [6, 6.07) is 1.54. The van der Waals surface area contributed by atoms with Crippen LogP contribution < -0.4 is 10.5 Å². The molecule has 3 N–H and O–H groups in total. The average Bonchev–Trinajstić information content (AvgIpc) is 2.71. The number of nitrogens with one attached hydrogen (secondary N) is 1. The van der Waals surface area contributed by atoms with Crippen molar-refractivity contribution in [1.82, 2.24) is 9.71 Å². The molecular formula is C12H13F2N3O3S. The Hall–Kier alpha value is -2.00. The monoisotopic (exact) mass is 317 g/mol. The third-order valence-corrected chi connectivity index (χ3v) is 4.19. The van der Waals surface area contributed by atoms with Crippen LogP contribution in [0, 0.1) is 25.5 Å². The van der Waals surface area contributed by atoms with Crippen LogP contribution in [0.5, 0.6) is 0 Å². The van der Waals surface area contributed by atoms with Crippen molar-refractivity contribution < 1.29 is 21.6 Å². The highest BCUT2D eigenvalue weighted by atomic mass is 32.2. The van der Waals surface area contributed by atoms with Gasteiger partial charge in [-0.1, -0.05) is 0 Å². The van der Waals surface area contributed by atoms with Crippen molar-refractivity contribution >= 4 is 15.7 Å². The van der Waals surface area contributed by atoms with Gasteiger partial charge in [-0.2, -0.15) is 0 Å². The maximum absolute atomic E-state index is 13.6. The molecule has 0 saturated heterocycles. The van der Waals surface area contributed by atoms with Gasteiger partial charge in [0.2, 0.25) is 15.9 Å². The van der Waals surface area contributed by atoms with Crippen LogP contribution >= 0.6 is 0 Å². The molecule has 1 aromatic heterocycles. The fourth-order valence-corrected chi connectivity index (χ4v) is 2.72. The number of benzene rings is 1. The first-order valence-corrected chi connectivity index (χ1v) is 7.36. The molecule has 114 valence electrons. The number of oxazole rings is 1. The van der Waals surface area contributed by atoms with Gasteiger partial charge in [-0.15, -0.1) is 0 Å². The van der Waals surface area contributed by atoms with Crippen LogP contribution in [0.3, 0.4) is 0 Å². The number of rotatable bonds is 4. The lowest BCUT2D eigenvalue weighted by Gasteiger charge is -2.07. The van der Waals surface area contributed by atoms with Crippen molar-refractivity contribution in [2.75, 3.05) is 5.73 Å². The van der Waals surface area contributed by atoms with Crippen molar-refractivity contribution in [3.8, 4) is 0 Å². The quantitative estimate of drug-likeness (QED) is 0.835. The summed E-state index contributed by atoms with van der Waals surface area (Å²) in [7, 11) is -4.28. The number of anilines is 1. The van der Waals surface area contributed by atoms with Crippen LogP contribution in [0.25, 0.3) is 0 Å². The first-order chi connectivity index (χ1) is 9.70. The molecule has 0 fully saturated rings. The number of aromatic nitrogens is 1. The minimum absolute atomic E-state index is 0.123. The molecule has 21 heavy (non-hydrogen) atoms. The van der Waals surface area contributed by atoms with E-state index in [1.165, 1.54) is 0 Å². The second-order valence-electron chi connectivity index (χ2n) is 4.39. The molecule has 0 radical (unpaired) electrons. The topological polar surface area (TPSA) is 98.2 Å². The molecule has 9 heteroatoms. The van der Waals surface area contributed by atoms with E-state index in [1.807, 2.05) is 0 Å². The first-order valence-electron chi connectivity index (χ1n) is 5.88. The predicted molar refractivity (Wildman–Crippen MR) is 70.8 cm³/mol. The van der Waals surface area contributed by atoms with E-state index in [2.05, 4.69) is 9.71 Å². The van der Waals surface area contributed by atoms with Gasteiger partial charge in [0.15, 0.2) is 11.6 Å². The number of nitrogens with two attached hydrogens (primary N) is 1. The summed E-state index contributed by atoms with van der Waals surface area (Å²) >= 11 is 0. The maximum atomic E-state index is 13.6. The lowest BCUT2D eigenvalue weighted by molar-refractivity contribution is 0.460. The molecule has 0 bridgehead atoms. The molecule has 0 amide bonds. The van der Waals surface area contributed by atoms with E-state index in [0.717, 1.165) is 6.07 Å². The molecule has 0 aliphatic heterocycles. The third-order valence-electron chi connectivity index (χ3n) is 2.79. The summed E-state index contributed by atoms with van der Waals surface area (Å²) in [6.07, 6.45) is 0. The van der Waals surface area contributed by atoms with Gasteiger partial charge < -0.3 is 10.2 Å². The SMILES string of the molecule is Cc1nc(CNS(=O)(=O)c2cc(N)cc(F)c2F)oc1C. The van der Waals surface area contributed by atoms with Gasteiger partial charge in [-0.05, 0) is 26.0 Å². The summed E-state index contributed by atoms with van der Waals surface area (Å²) in [6.45, 7) is 3.09. The number of halogens is 2. The van der Waals surface area contributed by atoms with E-state index in [4.69, 9.17) is 10.2 Å². The molecule has 1 aromatic carbocycles. The van der Waals surface area contributed by atoms with Crippen molar-refractivity contribution in [2.45, 2.75) is 25.3 Å². The Bertz CT molecular complexity index is 768. The van der Waals surface area contributed by atoms with Gasteiger partial charge >= 0.3 is 0 Å². The van der Waals surface area contributed by atoms with E-state index >= 15 is 0 Å². The highest BCUT2D eigenvalue weighted by molar-refractivity contribution is 7.89. The number of hydrogen-bond acceptors (Lipinski definition) is 5. The molecule has 0 unspecified atom stereocenters. The van der Waals surface area contributed by atoms with Gasteiger partial charge in [0.1, 0.15) is 10.7 Å². The zero-order valence-electron chi connectivity index (χ0n) is 11.3. The second kappa shape index (κ2) is 5.41. The third kappa shape index (κ3) is 3.19. The molecule has 2 rings (SSSR count). The number of nitrogen functional groups attached to an aromatic ring is 1. The Morgan fingerprint density at radius 1 is 1.33 bits per heavy atom. The molecule has 0 atom stereocenters.